The van der Waals surface area contributed by atoms with Crippen LogP contribution in [0.1, 0.15) is 13.8 Å². The van der Waals surface area contributed by atoms with Gasteiger partial charge in [-0.3, -0.25) is 0 Å². The largest absolute Gasteiger partial charge is 0.508 e. The van der Waals surface area contributed by atoms with E-state index in [9.17, 15) is 5.11 Å². The fourth-order valence-corrected chi connectivity index (χ4v) is 1.39. The molecule has 1 aromatic carbocycles. The number of benzene rings is 1. The molecule has 0 saturated carbocycles. The maximum absolute atomic E-state index is 9.32. The Bertz CT molecular complexity index is 299. The van der Waals surface area contributed by atoms with Crippen LogP contribution in [-0.2, 0) is 4.74 Å². The average Bonchev–Trinajstić information content (AvgIpc) is 2.17. The minimum Gasteiger partial charge on any atom is -0.508 e. The van der Waals surface area contributed by atoms with Crippen LogP contribution in [0.5, 0.6) is 5.75 Å². The number of anilines is 1. The molecule has 15 heavy (non-hydrogen) atoms. The molecule has 1 atom stereocenters. The lowest BCUT2D eigenvalue weighted by Crippen LogP contribution is -2.30. The Morgan fingerprint density at radius 1 is 1.40 bits per heavy atom. The first-order valence-electron chi connectivity index (χ1n) is 5.18. The second-order valence-corrected chi connectivity index (χ2v) is 4.00. The molecule has 0 heterocycles. The highest BCUT2D eigenvalue weighted by Crippen LogP contribution is 2.18. The summed E-state index contributed by atoms with van der Waals surface area (Å²) in [5.74, 6) is 0.757. The molecule has 2 N–H and O–H groups in total. The molecule has 1 aromatic rings. The first-order valence-corrected chi connectivity index (χ1v) is 5.18. The van der Waals surface area contributed by atoms with Gasteiger partial charge < -0.3 is 15.2 Å². The first-order chi connectivity index (χ1) is 7.13. The van der Waals surface area contributed by atoms with E-state index in [1.807, 2.05) is 12.1 Å². The number of methoxy groups -OCH3 is 1. The highest BCUT2D eigenvalue weighted by atomic mass is 16.5. The Morgan fingerprint density at radius 2 is 2.13 bits per heavy atom. The van der Waals surface area contributed by atoms with Crippen molar-refractivity contribution in [3.63, 3.8) is 0 Å². The molecule has 0 saturated heterocycles. The standard InChI is InChI=1S/C12H19NO2/c1-9(2)12(8-15-3)13-10-5-4-6-11(14)7-10/h4-7,9,12-14H,8H2,1-3H3. The summed E-state index contributed by atoms with van der Waals surface area (Å²) in [5.41, 5.74) is 0.922. The van der Waals surface area contributed by atoms with E-state index in [-0.39, 0.29) is 11.8 Å². The van der Waals surface area contributed by atoms with Crippen LogP contribution in [0.3, 0.4) is 0 Å². The van der Waals surface area contributed by atoms with E-state index in [0.29, 0.717) is 12.5 Å². The lowest BCUT2D eigenvalue weighted by atomic mass is 10.1. The smallest absolute Gasteiger partial charge is 0.117 e. The van der Waals surface area contributed by atoms with E-state index in [2.05, 4.69) is 19.2 Å². The number of rotatable bonds is 5. The van der Waals surface area contributed by atoms with Crippen LogP contribution in [0.2, 0.25) is 0 Å². The summed E-state index contributed by atoms with van der Waals surface area (Å²) in [5, 5.41) is 12.7. The number of phenols is 1. The third-order valence-electron chi connectivity index (χ3n) is 2.35. The van der Waals surface area contributed by atoms with Gasteiger partial charge in [-0.1, -0.05) is 19.9 Å². The molecule has 3 nitrogen and oxygen atoms in total. The third-order valence-corrected chi connectivity index (χ3v) is 2.35. The normalized spacial score (nSPS) is 12.8. The molecule has 0 amide bonds. The molecule has 0 bridgehead atoms. The Morgan fingerprint density at radius 3 is 2.67 bits per heavy atom. The van der Waals surface area contributed by atoms with Crippen molar-refractivity contribution < 1.29 is 9.84 Å². The fourth-order valence-electron chi connectivity index (χ4n) is 1.39. The van der Waals surface area contributed by atoms with E-state index < -0.39 is 0 Å². The second-order valence-electron chi connectivity index (χ2n) is 4.00. The lowest BCUT2D eigenvalue weighted by Gasteiger charge is -2.22. The van der Waals surface area contributed by atoms with Gasteiger partial charge in [-0.2, -0.15) is 0 Å². The van der Waals surface area contributed by atoms with Crippen LogP contribution in [0.15, 0.2) is 24.3 Å². The third kappa shape index (κ3) is 3.80. The number of hydrogen-bond acceptors (Lipinski definition) is 3. The van der Waals surface area contributed by atoms with E-state index in [1.165, 1.54) is 0 Å². The van der Waals surface area contributed by atoms with Gasteiger partial charge >= 0.3 is 0 Å². The Balaban J connectivity index is 2.65. The number of phenolic OH excluding ortho intramolecular Hbond substituents is 1. The molecule has 0 spiro atoms. The lowest BCUT2D eigenvalue weighted by molar-refractivity contribution is 0.171. The van der Waals surface area contributed by atoms with Crippen LogP contribution < -0.4 is 5.32 Å². The van der Waals surface area contributed by atoms with Gasteiger partial charge in [0.2, 0.25) is 0 Å². The number of nitrogens with one attached hydrogen (secondary N) is 1. The van der Waals surface area contributed by atoms with Gasteiger partial charge in [-0.25, -0.2) is 0 Å². The van der Waals surface area contributed by atoms with Crippen LogP contribution in [-0.4, -0.2) is 24.9 Å². The van der Waals surface area contributed by atoms with Gasteiger partial charge in [0, 0.05) is 18.9 Å². The maximum Gasteiger partial charge on any atom is 0.117 e. The fraction of sp³-hybridized carbons (Fsp3) is 0.500. The molecule has 3 heteroatoms. The predicted octanol–water partition coefficient (Wildman–Crippen LogP) is 2.48. The number of hydrogen-bond donors (Lipinski definition) is 2. The van der Waals surface area contributed by atoms with Gasteiger partial charge in [-0.05, 0) is 18.1 Å². The molecular weight excluding hydrogens is 190 g/mol. The topological polar surface area (TPSA) is 41.5 Å². The summed E-state index contributed by atoms with van der Waals surface area (Å²) >= 11 is 0. The minimum absolute atomic E-state index is 0.261. The SMILES string of the molecule is COCC(Nc1cccc(O)c1)C(C)C. The molecule has 0 aromatic heterocycles. The maximum atomic E-state index is 9.32. The van der Waals surface area contributed by atoms with Gasteiger partial charge in [0.15, 0.2) is 0 Å². The molecular formula is C12H19NO2. The van der Waals surface area contributed by atoms with Crippen LogP contribution in [0, 0.1) is 5.92 Å². The number of ether oxygens (including phenoxy) is 1. The van der Waals surface area contributed by atoms with E-state index in [1.54, 1.807) is 19.2 Å². The predicted molar refractivity (Wildman–Crippen MR) is 62.2 cm³/mol. The van der Waals surface area contributed by atoms with Gasteiger partial charge in [0.1, 0.15) is 5.75 Å². The van der Waals surface area contributed by atoms with Gasteiger partial charge in [0.05, 0.1) is 12.6 Å². The van der Waals surface area contributed by atoms with Crippen LogP contribution in [0.25, 0.3) is 0 Å². The Labute approximate surface area is 91.1 Å². The second kappa shape index (κ2) is 5.61. The molecule has 1 unspecified atom stereocenters. The minimum atomic E-state index is 0.261. The molecule has 84 valence electrons. The zero-order valence-electron chi connectivity index (χ0n) is 9.53. The van der Waals surface area contributed by atoms with Crippen molar-refractivity contribution in [1.82, 2.24) is 0 Å². The summed E-state index contributed by atoms with van der Waals surface area (Å²) in [6, 6.07) is 7.39. The summed E-state index contributed by atoms with van der Waals surface area (Å²) < 4.78 is 5.14. The zero-order valence-corrected chi connectivity index (χ0v) is 9.53. The number of aromatic hydroxyl groups is 1. The molecule has 0 aliphatic carbocycles. The van der Waals surface area contributed by atoms with Crippen molar-refractivity contribution >= 4 is 5.69 Å². The van der Waals surface area contributed by atoms with Crippen molar-refractivity contribution in [1.29, 1.82) is 0 Å². The monoisotopic (exact) mass is 209 g/mol. The van der Waals surface area contributed by atoms with Crippen molar-refractivity contribution in [3.8, 4) is 5.75 Å². The highest BCUT2D eigenvalue weighted by molar-refractivity contribution is 5.48. The van der Waals surface area contributed by atoms with Crippen LogP contribution in [0.4, 0.5) is 5.69 Å². The first kappa shape index (κ1) is 11.9. The van der Waals surface area contributed by atoms with Crippen molar-refractivity contribution in [3.05, 3.63) is 24.3 Å². The van der Waals surface area contributed by atoms with E-state index in [4.69, 9.17) is 4.74 Å². The molecule has 0 radical (unpaired) electrons. The zero-order chi connectivity index (χ0) is 11.3. The molecule has 0 fully saturated rings. The van der Waals surface area contributed by atoms with E-state index >= 15 is 0 Å². The average molecular weight is 209 g/mol. The summed E-state index contributed by atoms with van der Waals surface area (Å²) in [6.07, 6.45) is 0. The summed E-state index contributed by atoms with van der Waals surface area (Å²) in [6.45, 7) is 4.94. The summed E-state index contributed by atoms with van der Waals surface area (Å²) in [4.78, 5) is 0. The van der Waals surface area contributed by atoms with Crippen molar-refractivity contribution in [2.24, 2.45) is 5.92 Å². The Kier molecular flexibility index (Phi) is 4.43. The van der Waals surface area contributed by atoms with E-state index in [0.717, 1.165) is 5.69 Å². The quantitative estimate of drug-likeness (QED) is 0.782. The molecule has 0 aliphatic heterocycles. The molecule has 0 aliphatic rings. The summed E-state index contributed by atoms with van der Waals surface area (Å²) in [7, 11) is 1.69. The van der Waals surface area contributed by atoms with Crippen molar-refractivity contribution in [2.75, 3.05) is 19.0 Å². The Hall–Kier alpha value is -1.22. The van der Waals surface area contributed by atoms with Gasteiger partial charge in [0.25, 0.3) is 0 Å². The van der Waals surface area contributed by atoms with Gasteiger partial charge in [-0.15, -0.1) is 0 Å². The van der Waals surface area contributed by atoms with Crippen molar-refractivity contribution in [2.45, 2.75) is 19.9 Å². The van der Waals surface area contributed by atoms with Crippen LogP contribution >= 0.6 is 0 Å². The molecule has 1 rings (SSSR count). The highest BCUT2D eigenvalue weighted by Gasteiger charge is 2.12.